The summed E-state index contributed by atoms with van der Waals surface area (Å²) in [5.74, 6) is 1.01. The second kappa shape index (κ2) is 6.64. The number of hydrogen-bond acceptors (Lipinski definition) is 4. The number of piperidine rings is 1. The molecule has 2 aliphatic heterocycles. The molecular weight excluding hydrogens is 316 g/mol. The average molecular weight is 340 g/mol. The standard InChI is InChI=1S/C20H24N2O3/c1-15-5-6-16-3-2-4-17(19(16)21-15)25-12-10-22-13-20(8-7-18(22)23)9-11-24-14-20/h2-6H,7-14H2,1H3/t20-/m1/s1. The smallest absolute Gasteiger partial charge is 0.222 e. The number of carbonyl (C=O) groups is 1. The third-order valence-corrected chi connectivity index (χ3v) is 5.37. The largest absolute Gasteiger partial charge is 0.489 e. The number of aromatic nitrogens is 1. The van der Waals surface area contributed by atoms with Gasteiger partial charge in [-0.05, 0) is 31.9 Å². The van der Waals surface area contributed by atoms with Gasteiger partial charge in [0.1, 0.15) is 17.9 Å². The highest BCUT2D eigenvalue weighted by Gasteiger charge is 2.41. The van der Waals surface area contributed by atoms with Crippen LogP contribution in [0, 0.1) is 12.3 Å². The number of rotatable bonds is 4. The lowest BCUT2D eigenvalue weighted by Crippen LogP contribution is -2.48. The van der Waals surface area contributed by atoms with Gasteiger partial charge in [-0.2, -0.15) is 0 Å². The van der Waals surface area contributed by atoms with Gasteiger partial charge in [0.15, 0.2) is 0 Å². The summed E-state index contributed by atoms with van der Waals surface area (Å²) in [6, 6.07) is 10.0. The van der Waals surface area contributed by atoms with Crippen LogP contribution in [0.4, 0.5) is 0 Å². The number of pyridine rings is 1. The summed E-state index contributed by atoms with van der Waals surface area (Å²) in [6.45, 7) is 5.47. The lowest BCUT2D eigenvalue weighted by atomic mass is 9.79. The molecule has 1 aromatic carbocycles. The number of nitrogens with zero attached hydrogens (tertiary/aromatic N) is 2. The van der Waals surface area contributed by atoms with Gasteiger partial charge < -0.3 is 14.4 Å². The minimum absolute atomic E-state index is 0.173. The highest BCUT2D eigenvalue weighted by atomic mass is 16.5. The van der Waals surface area contributed by atoms with Crippen LogP contribution in [0.2, 0.25) is 0 Å². The SMILES string of the molecule is Cc1ccc2cccc(OCCN3C[C@]4(CCOC4)CCC3=O)c2n1. The van der Waals surface area contributed by atoms with E-state index in [1.165, 1.54) is 0 Å². The van der Waals surface area contributed by atoms with E-state index in [2.05, 4.69) is 11.1 Å². The Bertz CT molecular complexity index is 784. The Hall–Kier alpha value is -2.14. The van der Waals surface area contributed by atoms with E-state index in [1.807, 2.05) is 36.1 Å². The van der Waals surface area contributed by atoms with E-state index in [4.69, 9.17) is 9.47 Å². The third kappa shape index (κ3) is 3.33. The first-order valence-electron chi connectivity index (χ1n) is 9.00. The van der Waals surface area contributed by atoms with Crippen molar-refractivity contribution in [2.45, 2.75) is 26.2 Å². The monoisotopic (exact) mass is 340 g/mol. The Kier molecular flexibility index (Phi) is 4.34. The fraction of sp³-hybridized carbons (Fsp3) is 0.500. The molecule has 5 nitrogen and oxygen atoms in total. The van der Waals surface area contributed by atoms with Crippen LogP contribution >= 0.6 is 0 Å². The van der Waals surface area contributed by atoms with Gasteiger partial charge in [0, 0.05) is 36.1 Å². The fourth-order valence-electron chi connectivity index (χ4n) is 3.88. The van der Waals surface area contributed by atoms with Crippen LogP contribution < -0.4 is 4.74 Å². The summed E-state index contributed by atoms with van der Waals surface area (Å²) < 4.78 is 11.6. The van der Waals surface area contributed by atoms with Crippen molar-refractivity contribution in [1.29, 1.82) is 0 Å². The van der Waals surface area contributed by atoms with Crippen LogP contribution in [0.1, 0.15) is 25.0 Å². The lowest BCUT2D eigenvalue weighted by molar-refractivity contribution is -0.138. The number of likely N-dealkylation sites (tertiary alicyclic amines) is 1. The molecule has 0 bridgehead atoms. The van der Waals surface area contributed by atoms with E-state index in [-0.39, 0.29) is 11.3 Å². The van der Waals surface area contributed by atoms with E-state index in [1.54, 1.807) is 0 Å². The number of carbonyl (C=O) groups excluding carboxylic acids is 1. The third-order valence-electron chi connectivity index (χ3n) is 5.37. The number of benzene rings is 1. The Labute approximate surface area is 147 Å². The van der Waals surface area contributed by atoms with E-state index >= 15 is 0 Å². The number of hydrogen-bond donors (Lipinski definition) is 0. The summed E-state index contributed by atoms with van der Waals surface area (Å²) >= 11 is 0. The number of ether oxygens (including phenoxy) is 2. The maximum atomic E-state index is 12.3. The Morgan fingerprint density at radius 1 is 1.28 bits per heavy atom. The number of fused-ring (bicyclic) bond motifs is 1. The van der Waals surface area contributed by atoms with Gasteiger partial charge >= 0.3 is 0 Å². The zero-order valence-corrected chi connectivity index (χ0v) is 14.7. The number of amides is 1. The first kappa shape index (κ1) is 16.3. The number of aryl methyl sites for hydroxylation is 1. The molecule has 25 heavy (non-hydrogen) atoms. The van der Waals surface area contributed by atoms with Gasteiger partial charge in [0.25, 0.3) is 0 Å². The molecule has 3 heterocycles. The van der Waals surface area contributed by atoms with Crippen LogP contribution in [0.15, 0.2) is 30.3 Å². The molecule has 1 atom stereocenters. The van der Waals surface area contributed by atoms with Crippen molar-refractivity contribution in [2.24, 2.45) is 5.41 Å². The highest BCUT2D eigenvalue weighted by Crippen LogP contribution is 2.38. The average Bonchev–Trinajstić information content (AvgIpc) is 3.07. The normalized spacial score (nSPS) is 23.6. The summed E-state index contributed by atoms with van der Waals surface area (Å²) in [7, 11) is 0. The van der Waals surface area contributed by atoms with Gasteiger partial charge in [-0.1, -0.05) is 18.2 Å². The molecule has 0 radical (unpaired) electrons. The number of para-hydroxylation sites is 1. The van der Waals surface area contributed by atoms with Crippen LogP contribution in [0.25, 0.3) is 10.9 Å². The molecule has 2 aliphatic rings. The molecule has 4 rings (SSSR count). The second-order valence-electron chi connectivity index (χ2n) is 7.25. The highest BCUT2D eigenvalue weighted by molar-refractivity contribution is 5.84. The van der Waals surface area contributed by atoms with E-state index < -0.39 is 0 Å². The summed E-state index contributed by atoms with van der Waals surface area (Å²) in [6.07, 6.45) is 2.64. The lowest BCUT2D eigenvalue weighted by Gasteiger charge is -2.39. The van der Waals surface area contributed by atoms with Gasteiger partial charge in [-0.3, -0.25) is 4.79 Å². The maximum absolute atomic E-state index is 12.3. The van der Waals surface area contributed by atoms with Crippen molar-refractivity contribution in [1.82, 2.24) is 9.88 Å². The molecule has 2 aromatic rings. The van der Waals surface area contributed by atoms with Gasteiger partial charge in [-0.25, -0.2) is 4.98 Å². The zero-order valence-electron chi connectivity index (χ0n) is 14.7. The molecule has 0 N–H and O–H groups in total. The summed E-state index contributed by atoms with van der Waals surface area (Å²) in [4.78, 5) is 18.8. The minimum atomic E-state index is 0.173. The molecule has 1 aromatic heterocycles. The molecule has 2 fully saturated rings. The molecule has 1 spiro atoms. The van der Waals surface area contributed by atoms with E-state index in [9.17, 15) is 4.79 Å². The fourth-order valence-corrected chi connectivity index (χ4v) is 3.88. The Morgan fingerprint density at radius 2 is 2.20 bits per heavy atom. The summed E-state index contributed by atoms with van der Waals surface area (Å²) in [5, 5.41) is 1.07. The topological polar surface area (TPSA) is 51.7 Å². The maximum Gasteiger partial charge on any atom is 0.222 e. The quantitative estimate of drug-likeness (QED) is 0.859. The van der Waals surface area contributed by atoms with Crippen LogP contribution in [-0.4, -0.2) is 48.7 Å². The van der Waals surface area contributed by atoms with Crippen molar-refractivity contribution in [3.8, 4) is 5.75 Å². The molecular formula is C20H24N2O3. The zero-order chi connectivity index (χ0) is 17.3. The van der Waals surface area contributed by atoms with Crippen LogP contribution in [-0.2, 0) is 9.53 Å². The van der Waals surface area contributed by atoms with Gasteiger partial charge in [0.2, 0.25) is 5.91 Å². The van der Waals surface area contributed by atoms with Crippen molar-refractivity contribution in [3.05, 3.63) is 36.0 Å². The van der Waals surface area contributed by atoms with Crippen LogP contribution in [0.3, 0.4) is 0 Å². The van der Waals surface area contributed by atoms with Crippen LogP contribution in [0.5, 0.6) is 5.75 Å². The predicted molar refractivity (Wildman–Crippen MR) is 95.7 cm³/mol. The van der Waals surface area contributed by atoms with E-state index in [0.717, 1.165) is 54.9 Å². The Balaban J connectivity index is 1.42. The minimum Gasteiger partial charge on any atom is -0.489 e. The molecule has 1 amide bonds. The second-order valence-corrected chi connectivity index (χ2v) is 7.25. The molecule has 2 saturated heterocycles. The molecule has 0 saturated carbocycles. The van der Waals surface area contributed by atoms with Crippen molar-refractivity contribution >= 4 is 16.8 Å². The van der Waals surface area contributed by atoms with Crippen molar-refractivity contribution in [2.75, 3.05) is 32.9 Å². The van der Waals surface area contributed by atoms with Crippen molar-refractivity contribution < 1.29 is 14.3 Å². The molecule has 0 unspecified atom stereocenters. The summed E-state index contributed by atoms with van der Waals surface area (Å²) in [5.41, 5.74) is 2.03. The van der Waals surface area contributed by atoms with Gasteiger partial charge in [-0.15, -0.1) is 0 Å². The first-order valence-corrected chi connectivity index (χ1v) is 9.00. The predicted octanol–water partition coefficient (Wildman–Crippen LogP) is 2.95. The molecule has 132 valence electrons. The van der Waals surface area contributed by atoms with Gasteiger partial charge in [0.05, 0.1) is 13.2 Å². The first-order chi connectivity index (χ1) is 12.2. The molecule has 0 aliphatic carbocycles. The Morgan fingerprint density at radius 3 is 3.04 bits per heavy atom. The van der Waals surface area contributed by atoms with Crippen molar-refractivity contribution in [3.63, 3.8) is 0 Å². The molecule has 5 heteroatoms. The van der Waals surface area contributed by atoms with E-state index in [0.29, 0.717) is 19.6 Å².